The van der Waals surface area contributed by atoms with E-state index in [4.69, 9.17) is 5.73 Å². The van der Waals surface area contributed by atoms with E-state index in [2.05, 4.69) is 25.3 Å². The predicted molar refractivity (Wildman–Crippen MR) is 74.9 cm³/mol. The van der Waals surface area contributed by atoms with Gasteiger partial charge < -0.3 is 16.0 Å². The van der Waals surface area contributed by atoms with E-state index >= 15 is 0 Å². The van der Waals surface area contributed by atoms with Gasteiger partial charge in [0.25, 0.3) is 0 Å². The van der Waals surface area contributed by atoms with Gasteiger partial charge in [0, 0.05) is 19.8 Å². The Kier molecular flexibility index (Phi) is 3.74. The van der Waals surface area contributed by atoms with Gasteiger partial charge in [0.2, 0.25) is 17.8 Å². The fourth-order valence-corrected chi connectivity index (χ4v) is 1.53. The Morgan fingerprint density at radius 2 is 1.95 bits per heavy atom. The maximum absolute atomic E-state index is 5.65. The number of nitrogens with two attached hydrogens (primary N) is 1. The number of anilines is 3. The number of nitrogen functional groups attached to an aromatic ring is 1. The third kappa shape index (κ3) is 3.51. The first-order valence-electron chi connectivity index (χ1n) is 5.90. The van der Waals surface area contributed by atoms with Crippen molar-refractivity contribution in [2.75, 3.05) is 30.0 Å². The molecule has 0 atom stereocenters. The van der Waals surface area contributed by atoms with Crippen molar-refractivity contribution in [1.82, 2.24) is 19.9 Å². The third-order valence-corrected chi connectivity index (χ3v) is 2.41. The smallest absolute Gasteiger partial charge is 0.231 e. The quantitative estimate of drug-likeness (QED) is 0.840. The lowest BCUT2D eigenvalue weighted by Gasteiger charge is -2.12. The Labute approximate surface area is 111 Å². The second kappa shape index (κ2) is 5.47. The van der Waals surface area contributed by atoms with E-state index in [-0.39, 0.29) is 5.95 Å². The van der Waals surface area contributed by atoms with E-state index in [9.17, 15) is 0 Å². The highest BCUT2D eigenvalue weighted by molar-refractivity contribution is 5.40. The van der Waals surface area contributed by atoms with Crippen LogP contribution in [-0.4, -0.2) is 34.0 Å². The molecule has 2 aromatic rings. The molecule has 0 amide bonds. The van der Waals surface area contributed by atoms with Crippen LogP contribution < -0.4 is 16.0 Å². The van der Waals surface area contributed by atoms with Crippen molar-refractivity contribution in [2.24, 2.45) is 0 Å². The zero-order valence-electron chi connectivity index (χ0n) is 11.3. The van der Waals surface area contributed by atoms with Crippen LogP contribution in [0.15, 0.2) is 18.2 Å². The molecule has 0 aliphatic rings. The third-order valence-electron chi connectivity index (χ3n) is 2.41. The summed E-state index contributed by atoms with van der Waals surface area (Å²) >= 11 is 0. The highest BCUT2D eigenvalue weighted by Gasteiger charge is 2.06. The average Bonchev–Trinajstić information content (AvgIpc) is 2.36. The molecule has 2 rings (SSSR count). The fourth-order valence-electron chi connectivity index (χ4n) is 1.53. The number of hydrogen-bond donors (Lipinski definition) is 2. The monoisotopic (exact) mass is 259 g/mol. The molecule has 0 unspecified atom stereocenters. The summed E-state index contributed by atoms with van der Waals surface area (Å²) in [5.41, 5.74) is 7.54. The number of nitrogens with zero attached hydrogens (tertiary/aromatic N) is 5. The summed E-state index contributed by atoms with van der Waals surface area (Å²) in [6.45, 7) is 2.49. The highest BCUT2D eigenvalue weighted by atomic mass is 15.3. The van der Waals surface area contributed by atoms with Gasteiger partial charge in [0.05, 0.1) is 12.2 Å². The SMILES string of the molecule is Cc1cccc(CNc2nc(N)nc(N(C)C)n2)n1. The van der Waals surface area contributed by atoms with Crippen LogP contribution in [-0.2, 0) is 6.54 Å². The molecule has 2 heterocycles. The molecule has 19 heavy (non-hydrogen) atoms. The lowest BCUT2D eigenvalue weighted by molar-refractivity contribution is 0.936. The van der Waals surface area contributed by atoms with E-state index < -0.39 is 0 Å². The summed E-state index contributed by atoms with van der Waals surface area (Å²) in [5.74, 6) is 1.16. The number of nitrogens with one attached hydrogen (secondary N) is 1. The number of pyridine rings is 1. The minimum atomic E-state index is 0.193. The summed E-state index contributed by atoms with van der Waals surface area (Å²) in [7, 11) is 3.70. The van der Waals surface area contributed by atoms with Crippen molar-refractivity contribution in [2.45, 2.75) is 13.5 Å². The zero-order valence-corrected chi connectivity index (χ0v) is 11.3. The fraction of sp³-hybridized carbons (Fsp3) is 0.333. The van der Waals surface area contributed by atoms with Crippen LogP contribution in [0.5, 0.6) is 0 Å². The van der Waals surface area contributed by atoms with Gasteiger partial charge in [0.1, 0.15) is 0 Å². The van der Waals surface area contributed by atoms with Crippen LogP contribution in [0.3, 0.4) is 0 Å². The molecule has 7 heteroatoms. The largest absolute Gasteiger partial charge is 0.368 e. The molecular formula is C12H17N7. The first-order chi connectivity index (χ1) is 9.04. The number of aryl methyl sites for hydroxylation is 1. The summed E-state index contributed by atoms with van der Waals surface area (Å²) < 4.78 is 0. The molecule has 0 saturated carbocycles. The molecule has 0 saturated heterocycles. The van der Waals surface area contributed by atoms with Gasteiger partial charge in [0.15, 0.2) is 0 Å². The Bertz CT molecular complexity index is 568. The summed E-state index contributed by atoms with van der Waals surface area (Å²) in [6, 6.07) is 5.86. The normalized spacial score (nSPS) is 10.3. The Morgan fingerprint density at radius 1 is 1.16 bits per heavy atom. The molecule has 0 radical (unpaired) electrons. The Morgan fingerprint density at radius 3 is 2.63 bits per heavy atom. The van der Waals surface area contributed by atoms with Gasteiger partial charge in [-0.2, -0.15) is 15.0 Å². The molecule has 7 nitrogen and oxygen atoms in total. The van der Waals surface area contributed by atoms with Gasteiger partial charge in [-0.1, -0.05) is 6.07 Å². The molecular weight excluding hydrogens is 242 g/mol. The van der Waals surface area contributed by atoms with E-state index in [1.165, 1.54) is 0 Å². The van der Waals surface area contributed by atoms with Crippen LogP contribution in [0.2, 0.25) is 0 Å². The summed E-state index contributed by atoms with van der Waals surface area (Å²) in [6.07, 6.45) is 0. The molecule has 3 N–H and O–H groups in total. The molecule has 0 spiro atoms. The highest BCUT2D eigenvalue weighted by Crippen LogP contribution is 2.10. The van der Waals surface area contributed by atoms with Crippen LogP contribution in [0.25, 0.3) is 0 Å². The van der Waals surface area contributed by atoms with Gasteiger partial charge in [-0.3, -0.25) is 4.98 Å². The van der Waals surface area contributed by atoms with E-state index in [0.717, 1.165) is 11.4 Å². The van der Waals surface area contributed by atoms with Crippen LogP contribution in [0.1, 0.15) is 11.4 Å². The molecule has 0 aliphatic carbocycles. The van der Waals surface area contributed by atoms with Gasteiger partial charge in [-0.05, 0) is 19.1 Å². The number of hydrogen-bond acceptors (Lipinski definition) is 7. The van der Waals surface area contributed by atoms with Crippen LogP contribution in [0.4, 0.5) is 17.8 Å². The Hall–Kier alpha value is -2.44. The maximum atomic E-state index is 5.65. The summed E-state index contributed by atoms with van der Waals surface area (Å²) in [5, 5.41) is 3.09. The van der Waals surface area contributed by atoms with Crippen LogP contribution >= 0.6 is 0 Å². The first kappa shape index (κ1) is 13.0. The lowest BCUT2D eigenvalue weighted by atomic mass is 10.3. The summed E-state index contributed by atoms with van der Waals surface area (Å²) in [4.78, 5) is 18.5. The number of rotatable bonds is 4. The molecule has 0 fully saturated rings. The topological polar surface area (TPSA) is 92.8 Å². The average molecular weight is 259 g/mol. The van der Waals surface area contributed by atoms with Gasteiger partial charge in [-0.15, -0.1) is 0 Å². The molecule has 0 bridgehead atoms. The van der Waals surface area contributed by atoms with Crippen molar-refractivity contribution < 1.29 is 0 Å². The van der Waals surface area contributed by atoms with Crippen molar-refractivity contribution in [1.29, 1.82) is 0 Å². The maximum Gasteiger partial charge on any atom is 0.231 e. The minimum Gasteiger partial charge on any atom is -0.368 e. The van der Waals surface area contributed by atoms with Gasteiger partial charge in [-0.25, -0.2) is 0 Å². The second-order valence-corrected chi connectivity index (χ2v) is 4.34. The number of aromatic nitrogens is 4. The van der Waals surface area contributed by atoms with Gasteiger partial charge >= 0.3 is 0 Å². The molecule has 100 valence electrons. The second-order valence-electron chi connectivity index (χ2n) is 4.34. The minimum absolute atomic E-state index is 0.193. The lowest BCUT2D eigenvalue weighted by Crippen LogP contribution is -2.16. The van der Waals surface area contributed by atoms with Crippen molar-refractivity contribution in [3.63, 3.8) is 0 Å². The predicted octanol–water partition coefficient (Wildman–Crippen LogP) is 0.835. The van der Waals surface area contributed by atoms with Crippen LogP contribution in [0, 0.1) is 6.92 Å². The molecule has 0 aliphatic heterocycles. The first-order valence-corrected chi connectivity index (χ1v) is 5.90. The van der Waals surface area contributed by atoms with Crippen molar-refractivity contribution in [3.8, 4) is 0 Å². The van der Waals surface area contributed by atoms with Crippen molar-refractivity contribution >= 4 is 17.8 Å². The van der Waals surface area contributed by atoms with E-state index in [1.807, 2.05) is 39.2 Å². The van der Waals surface area contributed by atoms with E-state index in [1.54, 1.807) is 4.90 Å². The molecule has 0 aromatic carbocycles. The standard InChI is InChI=1S/C12H17N7/c1-8-5-4-6-9(15-8)7-14-11-16-10(13)17-12(18-11)19(2)3/h4-6H,7H2,1-3H3,(H3,13,14,16,17,18). The zero-order chi connectivity index (χ0) is 13.8. The van der Waals surface area contributed by atoms with E-state index in [0.29, 0.717) is 18.4 Å². The Balaban J connectivity index is 2.11. The molecule has 2 aromatic heterocycles. The van der Waals surface area contributed by atoms with Crippen molar-refractivity contribution in [3.05, 3.63) is 29.6 Å².